The van der Waals surface area contributed by atoms with Crippen LogP contribution in [0, 0.1) is 12.3 Å². The molecule has 2 N–H and O–H groups in total. The van der Waals surface area contributed by atoms with Crippen molar-refractivity contribution in [3.63, 3.8) is 0 Å². The first-order valence-corrected chi connectivity index (χ1v) is 12.8. The van der Waals surface area contributed by atoms with Crippen molar-refractivity contribution in [2.75, 3.05) is 6.61 Å². The zero-order valence-electron chi connectivity index (χ0n) is 20.0. The number of H-pyrrole nitrogens is 1. The first-order valence-electron chi connectivity index (χ1n) is 10.9. The second-order valence-corrected chi connectivity index (χ2v) is 10.3. The average molecular weight is 558 g/mol. The summed E-state index contributed by atoms with van der Waals surface area (Å²) >= 11 is 6.42. The summed E-state index contributed by atoms with van der Waals surface area (Å²) < 4.78 is 41.1. The van der Waals surface area contributed by atoms with Gasteiger partial charge in [-0.3, -0.25) is 18.8 Å². The number of nitrogens with zero attached hydrogens (tertiary/aromatic N) is 2. The molecule has 2 heterocycles. The number of rotatable bonds is 10. The second kappa shape index (κ2) is 11.6. The maximum Gasteiger partial charge on any atom is 0.530 e. The van der Waals surface area contributed by atoms with Gasteiger partial charge in [-0.25, -0.2) is 14.2 Å². The Morgan fingerprint density at radius 2 is 2.03 bits per heavy atom. The Hall–Kier alpha value is -2.98. The van der Waals surface area contributed by atoms with Crippen molar-refractivity contribution in [2.45, 2.75) is 56.3 Å². The number of aliphatic hydroxyl groups is 1. The van der Waals surface area contributed by atoms with Crippen LogP contribution >= 0.6 is 19.4 Å². The standard InChI is InChI=1S/C22H25ClN3O10P/c1-5-22(23)18(28)16(34-20(22)26-21(30)25-17(27)11-24-26)12-32-37(31,36-15-9-7-6-8-10-15)35-14(4)19(29)33-13(2)3/h1,6-11,13-14,16,18,20,28H,12H2,2-4H3,(H,25,27,30)/t14-,16+,18?,20+,22+,37?/m0/s1. The summed E-state index contributed by atoms with van der Waals surface area (Å²) in [6.45, 7) is 3.89. The number of hydrogen-bond acceptors (Lipinski definition) is 11. The zero-order valence-corrected chi connectivity index (χ0v) is 21.6. The van der Waals surface area contributed by atoms with E-state index in [9.17, 15) is 24.1 Å². The highest BCUT2D eigenvalue weighted by molar-refractivity contribution is 7.49. The first kappa shape index (κ1) is 28.6. The summed E-state index contributed by atoms with van der Waals surface area (Å²) in [5, 5.41) is 14.5. The molecule has 0 bridgehead atoms. The third-order valence-corrected chi connectivity index (χ3v) is 6.95. The molecule has 15 heteroatoms. The van der Waals surface area contributed by atoms with Gasteiger partial charge in [0.25, 0.3) is 5.56 Å². The number of aromatic nitrogens is 3. The molecule has 37 heavy (non-hydrogen) atoms. The fourth-order valence-electron chi connectivity index (χ4n) is 3.23. The number of para-hydroxylation sites is 1. The van der Waals surface area contributed by atoms with E-state index in [1.54, 1.807) is 32.0 Å². The number of alkyl halides is 1. The van der Waals surface area contributed by atoms with Crippen molar-refractivity contribution in [3.8, 4) is 18.1 Å². The van der Waals surface area contributed by atoms with Gasteiger partial charge in [0.15, 0.2) is 17.2 Å². The molecule has 0 radical (unpaired) electrons. The normalized spacial score (nSPS) is 25.7. The van der Waals surface area contributed by atoms with Gasteiger partial charge in [-0.1, -0.05) is 35.7 Å². The number of terminal acetylenes is 1. The number of benzene rings is 1. The number of aliphatic hydroxyl groups excluding tert-OH is 1. The minimum absolute atomic E-state index is 0.0975. The molecule has 200 valence electrons. The Kier molecular flexibility index (Phi) is 8.96. The molecule has 1 aromatic heterocycles. The summed E-state index contributed by atoms with van der Waals surface area (Å²) in [5.74, 6) is 1.44. The van der Waals surface area contributed by atoms with Gasteiger partial charge in [0.2, 0.25) is 0 Å². The third kappa shape index (κ3) is 6.67. The summed E-state index contributed by atoms with van der Waals surface area (Å²) in [7, 11) is -4.55. The quantitative estimate of drug-likeness (QED) is 0.187. The van der Waals surface area contributed by atoms with E-state index < -0.39 is 67.2 Å². The number of nitrogens with one attached hydrogen (secondary N) is 1. The minimum atomic E-state index is -4.55. The van der Waals surface area contributed by atoms with Gasteiger partial charge in [0.1, 0.15) is 24.2 Å². The van der Waals surface area contributed by atoms with Crippen LogP contribution in [-0.2, 0) is 27.9 Å². The van der Waals surface area contributed by atoms with Gasteiger partial charge in [0.05, 0.1) is 12.7 Å². The minimum Gasteiger partial charge on any atom is -0.461 e. The van der Waals surface area contributed by atoms with Gasteiger partial charge < -0.3 is 19.1 Å². The predicted octanol–water partition coefficient (Wildman–Crippen LogP) is 1.36. The number of carbonyl (C=O) groups excluding carboxylic acids is 1. The number of phosphoric acid groups is 1. The SMILES string of the molecule is C#C[C@@]1(Cl)C(O)[C@@H](COP(=O)(Oc2ccccc2)O[C@@H](C)C(=O)OC(C)C)O[C@H]1n1ncc(=O)[nH]c1=O. The van der Waals surface area contributed by atoms with E-state index in [-0.39, 0.29) is 5.75 Å². The molecule has 1 saturated heterocycles. The van der Waals surface area contributed by atoms with Gasteiger partial charge >= 0.3 is 19.5 Å². The van der Waals surface area contributed by atoms with Crippen molar-refractivity contribution in [3.05, 3.63) is 57.4 Å². The zero-order chi connectivity index (χ0) is 27.4. The largest absolute Gasteiger partial charge is 0.530 e. The van der Waals surface area contributed by atoms with Gasteiger partial charge in [-0.2, -0.15) is 9.78 Å². The van der Waals surface area contributed by atoms with Gasteiger partial charge in [-0.15, -0.1) is 6.42 Å². The van der Waals surface area contributed by atoms with Crippen molar-refractivity contribution in [2.24, 2.45) is 0 Å². The number of hydrogen-bond donors (Lipinski definition) is 2. The smallest absolute Gasteiger partial charge is 0.461 e. The summed E-state index contributed by atoms with van der Waals surface area (Å²) in [6, 6.07) is 7.85. The topological polar surface area (TPSA) is 168 Å². The number of halogens is 1. The highest BCUT2D eigenvalue weighted by Crippen LogP contribution is 2.52. The van der Waals surface area contributed by atoms with Crippen molar-refractivity contribution in [1.29, 1.82) is 0 Å². The van der Waals surface area contributed by atoms with E-state index in [0.717, 1.165) is 6.20 Å². The number of phosphoric ester groups is 1. The molecule has 1 aromatic carbocycles. The van der Waals surface area contributed by atoms with E-state index >= 15 is 0 Å². The Morgan fingerprint density at radius 1 is 1.35 bits per heavy atom. The third-order valence-electron chi connectivity index (χ3n) is 4.95. The van der Waals surface area contributed by atoms with Crippen molar-refractivity contribution < 1.29 is 37.5 Å². The molecule has 0 aliphatic carbocycles. The molecule has 2 aromatic rings. The predicted molar refractivity (Wildman–Crippen MR) is 129 cm³/mol. The molecule has 1 fully saturated rings. The monoisotopic (exact) mass is 557 g/mol. The molecule has 3 rings (SSSR count). The van der Waals surface area contributed by atoms with Crippen LogP contribution in [0.15, 0.2) is 46.1 Å². The van der Waals surface area contributed by atoms with E-state index in [4.69, 9.17) is 41.1 Å². The Labute approximate surface area is 216 Å². The van der Waals surface area contributed by atoms with Crippen LogP contribution in [0.5, 0.6) is 5.75 Å². The van der Waals surface area contributed by atoms with Crippen LogP contribution in [0.3, 0.4) is 0 Å². The van der Waals surface area contributed by atoms with E-state index in [2.05, 4.69) is 11.0 Å². The molecule has 13 nitrogen and oxygen atoms in total. The first-order chi connectivity index (χ1) is 17.4. The number of carbonyl (C=O) groups is 1. The molecular weight excluding hydrogens is 533 g/mol. The van der Waals surface area contributed by atoms with E-state index in [0.29, 0.717) is 4.68 Å². The summed E-state index contributed by atoms with van der Waals surface area (Å²) in [5.41, 5.74) is -1.77. The maximum atomic E-state index is 13.5. The fraction of sp³-hybridized carbons (Fsp3) is 0.455. The van der Waals surface area contributed by atoms with Crippen LogP contribution in [-0.4, -0.2) is 61.7 Å². The lowest BCUT2D eigenvalue weighted by molar-refractivity contribution is -0.156. The van der Waals surface area contributed by atoms with E-state index in [1.807, 2.05) is 4.98 Å². The fourth-order valence-corrected chi connectivity index (χ4v) is 4.85. The Bertz CT molecular complexity index is 1310. The second-order valence-electron chi connectivity index (χ2n) is 8.15. The Morgan fingerprint density at radius 3 is 2.62 bits per heavy atom. The lowest BCUT2D eigenvalue weighted by Gasteiger charge is -2.25. The van der Waals surface area contributed by atoms with Crippen LogP contribution in [0.1, 0.15) is 27.0 Å². The van der Waals surface area contributed by atoms with Gasteiger partial charge in [-0.05, 0) is 32.9 Å². The lowest BCUT2D eigenvalue weighted by atomic mass is 10.00. The van der Waals surface area contributed by atoms with Crippen LogP contribution < -0.4 is 15.8 Å². The van der Waals surface area contributed by atoms with Crippen molar-refractivity contribution >= 4 is 25.4 Å². The summed E-state index contributed by atoms with van der Waals surface area (Å²) in [4.78, 5) is 35.8. The van der Waals surface area contributed by atoms with Crippen LogP contribution in [0.2, 0.25) is 0 Å². The number of aromatic amines is 1. The molecule has 0 spiro atoms. The molecule has 0 saturated carbocycles. The Balaban J connectivity index is 1.84. The highest BCUT2D eigenvalue weighted by atomic mass is 35.5. The summed E-state index contributed by atoms with van der Waals surface area (Å²) in [6.07, 6.45) is -0.0832. The molecule has 1 aliphatic heterocycles. The van der Waals surface area contributed by atoms with Crippen molar-refractivity contribution in [1.82, 2.24) is 14.8 Å². The van der Waals surface area contributed by atoms with Crippen LogP contribution in [0.4, 0.5) is 0 Å². The number of esters is 1. The number of ether oxygens (including phenoxy) is 2. The maximum absolute atomic E-state index is 13.5. The molecule has 0 amide bonds. The van der Waals surface area contributed by atoms with E-state index in [1.165, 1.54) is 19.1 Å². The highest BCUT2D eigenvalue weighted by Gasteiger charge is 2.57. The molecule has 2 unspecified atom stereocenters. The lowest BCUT2D eigenvalue weighted by Crippen LogP contribution is -2.45. The molecular formula is C22H25ClN3O10P. The van der Waals surface area contributed by atoms with Crippen LogP contribution in [0.25, 0.3) is 0 Å². The molecule has 6 atom stereocenters. The van der Waals surface area contributed by atoms with Gasteiger partial charge in [0, 0.05) is 0 Å². The molecule has 1 aliphatic rings. The average Bonchev–Trinajstić information content (AvgIpc) is 3.08.